The maximum Gasteiger partial charge on any atom is 0.0897 e. The van der Waals surface area contributed by atoms with Crippen LogP contribution in [0.5, 0.6) is 0 Å². The molecule has 2 atom stereocenters. The third kappa shape index (κ3) is 4.37. The number of rotatable bonds is 7. The number of aromatic nitrogens is 1. The second-order valence-corrected chi connectivity index (χ2v) is 5.68. The van der Waals surface area contributed by atoms with Gasteiger partial charge in [0.25, 0.3) is 0 Å². The van der Waals surface area contributed by atoms with E-state index >= 15 is 0 Å². The molecule has 0 amide bonds. The van der Waals surface area contributed by atoms with Crippen LogP contribution in [0.15, 0.2) is 5.38 Å². The molecule has 0 fully saturated rings. The molecule has 0 aliphatic heterocycles. The smallest absolute Gasteiger partial charge is 0.0897 e. The SMILES string of the molecule is CCOC(C(C)C)C(Cc1csc(C)n1)NC. The van der Waals surface area contributed by atoms with E-state index in [2.05, 4.69) is 36.5 Å². The fourth-order valence-corrected chi connectivity index (χ4v) is 2.70. The van der Waals surface area contributed by atoms with Crippen molar-refractivity contribution in [3.8, 4) is 0 Å². The average Bonchev–Trinajstić information content (AvgIpc) is 2.68. The normalized spacial score (nSPS) is 15.2. The number of aryl methyl sites for hydroxylation is 1. The van der Waals surface area contributed by atoms with E-state index in [-0.39, 0.29) is 6.10 Å². The summed E-state index contributed by atoms with van der Waals surface area (Å²) in [5.41, 5.74) is 1.16. The predicted molar refractivity (Wildman–Crippen MR) is 73.7 cm³/mol. The van der Waals surface area contributed by atoms with Gasteiger partial charge in [0.2, 0.25) is 0 Å². The van der Waals surface area contributed by atoms with Crippen LogP contribution in [0.4, 0.5) is 0 Å². The summed E-state index contributed by atoms with van der Waals surface area (Å²) in [6, 6.07) is 0.330. The van der Waals surface area contributed by atoms with Gasteiger partial charge >= 0.3 is 0 Å². The van der Waals surface area contributed by atoms with Crippen LogP contribution < -0.4 is 5.32 Å². The highest BCUT2D eigenvalue weighted by molar-refractivity contribution is 7.09. The standard InChI is InChI=1S/C13H24N2OS/c1-6-16-13(9(2)3)12(14-5)7-11-8-17-10(4)15-11/h8-9,12-14H,6-7H2,1-5H3. The molecule has 4 heteroatoms. The van der Waals surface area contributed by atoms with Crippen molar-refractivity contribution in [1.82, 2.24) is 10.3 Å². The van der Waals surface area contributed by atoms with Gasteiger partial charge in [0, 0.05) is 24.4 Å². The van der Waals surface area contributed by atoms with Crippen LogP contribution >= 0.6 is 11.3 Å². The lowest BCUT2D eigenvalue weighted by atomic mass is 9.96. The molecule has 2 unspecified atom stereocenters. The number of hydrogen-bond donors (Lipinski definition) is 1. The van der Waals surface area contributed by atoms with E-state index in [1.54, 1.807) is 11.3 Å². The van der Waals surface area contributed by atoms with Gasteiger partial charge in [0.15, 0.2) is 0 Å². The Kier molecular flexibility index (Phi) is 6.09. The van der Waals surface area contributed by atoms with Crippen LogP contribution in [0.1, 0.15) is 31.5 Å². The van der Waals surface area contributed by atoms with E-state index in [0.717, 1.165) is 23.7 Å². The first kappa shape index (κ1) is 14.6. The lowest BCUT2D eigenvalue weighted by Crippen LogP contribution is -2.44. The molecule has 0 aromatic carbocycles. The molecule has 1 rings (SSSR count). The van der Waals surface area contributed by atoms with Crippen LogP contribution in [-0.2, 0) is 11.2 Å². The molecule has 0 aliphatic rings. The third-order valence-electron chi connectivity index (χ3n) is 2.88. The maximum atomic E-state index is 5.85. The summed E-state index contributed by atoms with van der Waals surface area (Å²) in [6.07, 6.45) is 1.18. The number of nitrogens with zero attached hydrogens (tertiary/aromatic N) is 1. The summed E-state index contributed by atoms with van der Waals surface area (Å²) < 4.78 is 5.85. The number of thiazole rings is 1. The maximum absolute atomic E-state index is 5.85. The third-order valence-corrected chi connectivity index (χ3v) is 3.70. The van der Waals surface area contributed by atoms with Gasteiger partial charge < -0.3 is 10.1 Å². The fraction of sp³-hybridized carbons (Fsp3) is 0.769. The minimum absolute atomic E-state index is 0.243. The fourth-order valence-electron chi connectivity index (χ4n) is 2.08. The topological polar surface area (TPSA) is 34.1 Å². The Morgan fingerprint density at radius 3 is 2.59 bits per heavy atom. The van der Waals surface area contributed by atoms with Crippen molar-refractivity contribution in [3.05, 3.63) is 16.1 Å². The molecule has 3 nitrogen and oxygen atoms in total. The van der Waals surface area contributed by atoms with Crippen molar-refractivity contribution in [2.45, 2.75) is 46.3 Å². The van der Waals surface area contributed by atoms with Crippen molar-refractivity contribution in [3.63, 3.8) is 0 Å². The van der Waals surface area contributed by atoms with Crippen molar-refractivity contribution in [2.75, 3.05) is 13.7 Å². The molecule has 0 radical (unpaired) electrons. The van der Waals surface area contributed by atoms with Gasteiger partial charge in [-0.1, -0.05) is 13.8 Å². The Morgan fingerprint density at radius 2 is 2.18 bits per heavy atom. The Morgan fingerprint density at radius 1 is 1.47 bits per heavy atom. The van der Waals surface area contributed by atoms with Crippen molar-refractivity contribution >= 4 is 11.3 Å². The first-order valence-corrected chi connectivity index (χ1v) is 7.16. The quantitative estimate of drug-likeness (QED) is 0.814. The van der Waals surface area contributed by atoms with Crippen molar-refractivity contribution in [1.29, 1.82) is 0 Å². The van der Waals surface area contributed by atoms with Gasteiger partial charge in [-0.15, -0.1) is 11.3 Å². The van der Waals surface area contributed by atoms with Crippen molar-refractivity contribution in [2.24, 2.45) is 5.92 Å². The first-order valence-electron chi connectivity index (χ1n) is 6.28. The Hall–Kier alpha value is -0.450. The lowest BCUT2D eigenvalue weighted by Gasteiger charge is -2.29. The molecule has 1 heterocycles. The number of ether oxygens (including phenoxy) is 1. The monoisotopic (exact) mass is 256 g/mol. The minimum Gasteiger partial charge on any atom is -0.377 e. The Bertz CT molecular complexity index is 325. The molecule has 1 aromatic rings. The zero-order valence-corrected chi connectivity index (χ0v) is 12.3. The largest absolute Gasteiger partial charge is 0.377 e. The summed E-state index contributed by atoms with van der Waals surface area (Å²) in [5.74, 6) is 0.507. The Labute approximate surface area is 109 Å². The van der Waals surface area contributed by atoms with Gasteiger partial charge in [0.05, 0.1) is 16.8 Å². The number of nitrogens with one attached hydrogen (secondary N) is 1. The summed E-state index contributed by atoms with van der Waals surface area (Å²) in [4.78, 5) is 4.52. The lowest BCUT2D eigenvalue weighted by molar-refractivity contribution is 0.00517. The molecule has 0 aliphatic carbocycles. The van der Waals surface area contributed by atoms with Crippen molar-refractivity contribution < 1.29 is 4.74 Å². The molecule has 98 valence electrons. The molecule has 0 saturated carbocycles. The van der Waals surface area contributed by atoms with Gasteiger partial charge in [0.1, 0.15) is 0 Å². The first-order chi connectivity index (χ1) is 8.08. The highest BCUT2D eigenvalue weighted by Gasteiger charge is 2.24. The minimum atomic E-state index is 0.243. The molecule has 0 saturated heterocycles. The second kappa shape index (κ2) is 7.09. The van der Waals surface area contributed by atoms with Gasteiger partial charge in [-0.25, -0.2) is 4.98 Å². The van der Waals surface area contributed by atoms with E-state index < -0.39 is 0 Å². The van der Waals surface area contributed by atoms with Crippen LogP contribution in [0.25, 0.3) is 0 Å². The van der Waals surface area contributed by atoms with Crippen LogP contribution in [0, 0.1) is 12.8 Å². The molecular weight excluding hydrogens is 232 g/mol. The molecule has 17 heavy (non-hydrogen) atoms. The molecule has 0 spiro atoms. The zero-order valence-electron chi connectivity index (χ0n) is 11.5. The second-order valence-electron chi connectivity index (χ2n) is 4.62. The van der Waals surface area contributed by atoms with Gasteiger partial charge in [-0.05, 0) is 26.8 Å². The highest BCUT2D eigenvalue weighted by atomic mass is 32.1. The van der Waals surface area contributed by atoms with E-state index in [0.29, 0.717) is 12.0 Å². The Balaban J connectivity index is 2.68. The molecule has 1 N–H and O–H groups in total. The van der Waals surface area contributed by atoms with E-state index in [9.17, 15) is 0 Å². The molecular formula is C13H24N2OS. The van der Waals surface area contributed by atoms with Crippen LogP contribution in [0.3, 0.4) is 0 Å². The van der Waals surface area contributed by atoms with Gasteiger partial charge in [-0.3, -0.25) is 0 Å². The number of likely N-dealkylation sites (N-methyl/N-ethyl adjacent to an activating group) is 1. The average molecular weight is 256 g/mol. The highest BCUT2D eigenvalue weighted by Crippen LogP contribution is 2.17. The van der Waals surface area contributed by atoms with E-state index in [1.807, 2.05) is 14.0 Å². The predicted octanol–water partition coefficient (Wildman–Crippen LogP) is 2.64. The molecule has 0 bridgehead atoms. The summed E-state index contributed by atoms with van der Waals surface area (Å²) in [6.45, 7) is 9.27. The summed E-state index contributed by atoms with van der Waals surface area (Å²) in [7, 11) is 2.00. The van der Waals surface area contributed by atoms with Crippen LogP contribution in [0.2, 0.25) is 0 Å². The van der Waals surface area contributed by atoms with E-state index in [1.165, 1.54) is 0 Å². The van der Waals surface area contributed by atoms with Crippen LogP contribution in [-0.4, -0.2) is 30.8 Å². The molecule has 1 aromatic heterocycles. The van der Waals surface area contributed by atoms with Gasteiger partial charge in [-0.2, -0.15) is 0 Å². The summed E-state index contributed by atoms with van der Waals surface area (Å²) >= 11 is 1.71. The van der Waals surface area contributed by atoms with E-state index in [4.69, 9.17) is 4.74 Å². The number of hydrogen-bond acceptors (Lipinski definition) is 4. The zero-order chi connectivity index (χ0) is 12.8. The summed E-state index contributed by atoms with van der Waals surface area (Å²) in [5, 5.41) is 6.64.